The van der Waals surface area contributed by atoms with Gasteiger partial charge in [-0.2, -0.15) is 0 Å². The topological polar surface area (TPSA) is 41.3 Å². The van der Waals surface area contributed by atoms with Crippen molar-refractivity contribution in [3.8, 4) is 0 Å². The van der Waals surface area contributed by atoms with E-state index < -0.39 is 0 Å². The molecule has 0 aromatic rings. The number of nitrogens with one attached hydrogen (secondary N) is 1. The molecule has 0 amide bonds. The largest absolute Gasteiger partial charge is 0.328 e. The van der Waals surface area contributed by atoms with Crippen molar-refractivity contribution in [3.63, 3.8) is 0 Å². The Morgan fingerprint density at radius 3 is 2.65 bits per heavy atom. The summed E-state index contributed by atoms with van der Waals surface area (Å²) in [6.45, 7) is 2.67. The minimum absolute atomic E-state index is 0.452. The van der Waals surface area contributed by atoms with E-state index >= 15 is 0 Å². The van der Waals surface area contributed by atoms with Gasteiger partial charge in [-0.15, -0.1) is 0 Å². The quantitative estimate of drug-likeness (QED) is 0.764. The van der Waals surface area contributed by atoms with Crippen molar-refractivity contribution >= 4 is 0 Å². The summed E-state index contributed by atoms with van der Waals surface area (Å²) in [5, 5.41) is 3.89. The Morgan fingerprint density at radius 2 is 1.76 bits per heavy atom. The first-order valence-corrected chi connectivity index (χ1v) is 7.57. The van der Waals surface area contributed by atoms with Crippen molar-refractivity contribution in [3.05, 3.63) is 0 Å². The van der Waals surface area contributed by atoms with Crippen LogP contribution in [-0.4, -0.2) is 42.2 Å². The Hall–Kier alpha value is -0.120. The van der Waals surface area contributed by atoms with Gasteiger partial charge in [0.05, 0.1) is 0 Å². The molecule has 3 fully saturated rings. The van der Waals surface area contributed by atoms with Crippen molar-refractivity contribution in [1.29, 1.82) is 0 Å². The van der Waals surface area contributed by atoms with Gasteiger partial charge in [-0.05, 0) is 58.0 Å². The molecular weight excluding hydrogens is 210 g/mol. The summed E-state index contributed by atoms with van der Waals surface area (Å²) >= 11 is 0. The Balaban J connectivity index is 1.48. The molecule has 4 atom stereocenters. The van der Waals surface area contributed by atoms with Crippen molar-refractivity contribution < 1.29 is 0 Å². The lowest BCUT2D eigenvalue weighted by molar-refractivity contribution is 0.154. The molecule has 1 saturated carbocycles. The highest BCUT2D eigenvalue weighted by atomic mass is 15.2. The van der Waals surface area contributed by atoms with Gasteiger partial charge in [-0.25, -0.2) is 0 Å². The molecule has 2 saturated heterocycles. The van der Waals surface area contributed by atoms with Gasteiger partial charge >= 0.3 is 0 Å². The van der Waals surface area contributed by atoms with E-state index in [1.807, 2.05) is 0 Å². The lowest BCUT2D eigenvalue weighted by Crippen LogP contribution is -2.50. The fourth-order valence-corrected chi connectivity index (χ4v) is 4.09. The van der Waals surface area contributed by atoms with Gasteiger partial charge in [0.2, 0.25) is 0 Å². The van der Waals surface area contributed by atoms with E-state index in [1.54, 1.807) is 0 Å². The fourth-order valence-electron chi connectivity index (χ4n) is 4.09. The first-order valence-electron chi connectivity index (χ1n) is 7.57. The number of hydrogen-bond acceptors (Lipinski definition) is 3. The molecule has 3 N–H and O–H groups in total. The Kier molecular flexibility index (Phi) is 3.69. The zero-order valence-electron chi connectivity index (χ0n) is 10.9. The molecule has 3 rings (SSSR count). The highest BCUT2D eigenvalue weighted by Gasteiger charge is 2.32. The van der Waals surface area contributed by atoms with Crippen LogP contribution in [0.15, 0.2) is 0 Å². The number of rotatable bonds is 2. The highest BCUT2D eigenvalue weighted by molar-refractivity contribution is 4.91. The minimum Gasteiger partial charge on any atom is -0.328 e. The maximum atomic E-state index is 6.07. The van der Waals surface area contributed by atoms with E-state index in [0.717, 1.165) is 12.1 Å². The molecule has 0 aromatic heterocycles. The standard InChI is InChI=1S/C14H27N3/c15-11-3-1-4-12(9-11)16-13-6-8-17-7-2-5-14(17)10-13/h11-14,16H,1-10,15H2. The molecule has 2 aliphatic heterocycles. The Labute approximate surface area is 105 Å². The molecule has 0 bridgehead atoms. The van der Waals surface area contributed by atoms with Crippen LogP contribution in [0.5, 0.6) is 0 Å². The molecule has 0 aromatic carbocycles. The second-order valence-corrected chi connectivity index (χ2v) is 6.34. The van der Waals surface area contributed by atoms with Crippen LogP contribution in [0, 0.1) is 0 Å². The number of nitrogens with zero attached hydrogens (tertiary/aromatic N) is 1. The van der Waals surface area contributed by atoms with Crippen molar-refractivity contribution in [1.82, 2.24) is 10.2 Å². The van der Waals surface area contributed by atoms with Crippen LogP contribution in [0.25, 0.3) is 0 Å². The molecule has 3 aliphatic rings. The van der Waals surface area contributed by atoms with Crippen LogP contribution in [0.1, 0.15) is 51.4 Å². The molecular formula is C14H27N3. The van der Waals surface area contributed by atoms with Crippen LogP contribution in [0.4, 0.5) is 0 Å². The third kappa shape index (κ3) is 2.83. The van der Waals surface area contributed by atoms with E-state index in [4.69, 9.17) is 5.73 Å². The molecule has 2 heterocycles. The number of nitrogens with two attached hydrogens (primary N) is 1. The number of hydrogen-bond donors (Lipinski definition) is 2. The maximum Gasteiger partial charge on any atom is 0.0111 e. The van der Waals surface area contributed by atoms with E-state index in [1.165, 1.54) is 64.5 Å². The second kappa shape index (κ2) is 5.25. The van der Waals surface area contributed by atoms with Gasteiger partial charge in [0.1, 0.15) is 0 Å². The predicted molar refractivity (Wildman–Crippen MR) is 71.0 cm³/mol. The summed E-state index contributed by atoms with van der Waals surface area (Å²) in [6, 6.07) is 2.81. The number of fused-ring (bicyclic) bond motifs is 1. The van der Waals surface area contributed by atoms with Crippen LogP contribution in [-0.2, 0) is 0 Å². The smallest absolute Gasteiger partial charge is 0.0111 e. The summed E-state index contributed by atoms with van der Waals surface area (Å²) in [5.74, 6) is 0. The Morgan fingerprint density at radius 1 is 0.882 bits per heavy atom. The van der Waals surface area contributed by atoms with Gasteiger partial charge in [-0.3, -0.25) is 0 Å². The monoisotopic (exact) mass is 237 g/mol. The number of piperidine rings is 1. The third-order valence-corrected chi connectivity index (χ3v) is 5.01. The van der Waals surface area contributed by atoms with Crippen LogP contribution >= 0.6 is 0 Å². The van der Waals surface area contributed by atoms with E-state index in [-0.39, 0.29) is 0 Å². The van der Waals surface area contributed by atoms with Gasteiger partial charge in [0.25, 0.3) is 0 Å². The highest BCUT2D eigenvalue weighted by Crippen LogP contribution is 2.28. The summed E-state index contributed by atoms with van der Waals surface area (Å²) < 4.78 is 0. The lowest BCUT2D eigenvalue weighted by Gasteiger charge is -2.38. The molecule has 4 unspecified atom stereocenters. The fraction of sp³-hybridized carbons (Fsp3) is 1.00. The van der Waals surface area contributed by atoms with Crippen molar-refractivity contribution in [2.24, 2.45) is 5.73 Å². The first-order chi connectivity index (χ1) is 8.31. The summed E-state index contributed by atoms with van der Waals surface area (Å²) in [6.07, 6.45) is 10.7. The zero-order valence-corrected chi connectivity index (χ0v) is 10.9. The summed E-state index contributed by atoms with van der Waals surface area (Å²) in [4.78, 5) is 2.70. The SMILES string of the molecule is NC1CCCC(NC2CCN3CCCC3C2)C1. The maximum absolute atomic E-state index is 6.07. The minimum atomic E-state index is 0.452. The summed E-state index contributed by atoms with van der Waals surface area (Å²) in [7, 11) is 0. The van der Waals surface area contributed by atoms with Gasteiger partial charge in [-0.1, -0.05) is 6.42 Å². The van der Waals surface area contributed by atoms with Crippen molar-refractivity contribution in [2.45, 2.75) is 75.5 Å². The Bertz CT molecular complexity index is 256. The zero-order chi connectivity index (χ0) is 11.7. The molecule has 0 spiro atoms. The van der Waals surface area contributed by atoms with E-state index in [2.05, 4.69) is 10.2 Å². The van der Waals surface area contributed by atoms with E-state index in [0.29, 0.717) is 12.1 Å². The summed E-state index contributed by atoms with van der Waals surface area (Å²) in [5.41, 5.74) is 6.07. The van der Waals surface area contributed by atoms with Crippen LogP contribution in [0.3, 0.4) is 0 Å². The molecule has 3 heteroatoms. The average molecular weight is 237 g/mol. The predicted octanol–water partition coefficient (Wildman–Crippen LogP) is 1.47. The molecule has 17 heavy (non-hydrogen) atoms. The van der Waals surface area contributed by atoms with Crippen LogP contribution in [0.2, 0.25) is 0 Å². The molecule has 3 nitrogen and oxygen atoms in total. The lowest BCUT2D eigenvalue weighted by atomic mass is 9.89. The average Bonchev–Trinajstić information content (AvgIpc) is 2.76. The second-order valence-electron chi connectivity index (χ2n) is 6.34. The molecule has 98 valence electrons. The van der Waals surface area contributed by atoms with E-state index in [9.17, 15) is 0 Å². The van der Waals surface area contributed by atoms with Gasteiger partial charge in [0.15, 0.2) is 0 Å². The van der Waals surface area contributed by atoms with Gasteiger partial charge < -0.3 is 16.0 Å². The normalized spacial score (nSPS) is 43.6. The third-order valence-electron chi connectivity index (χ3n) is 5.01. The van der Waals surface area contributed by atoms with Gasteiger partial charge in [0, 0.05) is 24.2 Å². The molecule has 0 radical (unpaired) electrons. The van der Waals surface area contributed by atoms with Crippen molar-refractivity contribution in [2.75, 3.05) is 13.1 Å². The first kappa shape index (κ1) is 11.9. The molecule has 1 aliphatic carbocycles. The van der Waals surface area contributed by atoms with Crippen LogP contribution < -0.4 is 11.1 Å².